The third-order valence-corrected chi connectivity index (χ3v) is 5.34. The normalized spacial score (nSPS) is 12.1. The van der Waals surface area contributed by atoms with E-state index in [9.17, 15) is 15.0 Å². The summed E-state index contributed by atoms with van der Waals surface area (Å²) in [6.07, 6.45) is 2.39. The highest BCUT2D eigenvalue weighted by molar-refractivity contribution is 7.16. The molecule has 0 unspecified atom stereocenters. The number of benzene rings is 2. The highest BCUT2D eigenvalue weighted by Gasteiger charge is 2.15. The number of hydrogen-bond donors (Lipinski definition) is 4. The van der Waals surface area contributed by atoms with Gasteiger partial charge in [-0.2, -0.15) is 0 Å². The van der Waals surface area contributed by atoms with E-state index in [0.717, 1.165) is 37.1 Å². The number of hydrogen-bond acceptors (Lipinski definition) is 5. The fraction of sp³-hybridized carbons (Fsp3) is 0.350. The fourth-order valence-electron chi connectivity index (χ4n) is 3.11. The van der Waals surface area contributed by atoms with Gasteiger partial charge in [0.05, 0.1) is 10.8 Å². The van der Waals surface area contributed by atoms with Crippen molar-refractivity contribution in [1.29, 1.82) is 0 Å². The zero-order valence-corrected chi connectivity index (χ0v) is 16.8. The van der Waals surface area contributed by atoms with Crippen LogP contribution in [0.3, 0.4) is 0 Å². The molecule has 2 aromatic carbocycles. The van der Waals surface area contributed by atoms with Gasteiger partial charge in [0.1, 0.15) is 11.3 Å². The van der Waals surface area contributed by atoms with Crippen molar-refractivity contribution in [2.45, 2.75) is 32.3 Å². The molecular formula is C20H25ClN2O3S. The molecule has 4 N–H and O–H groups in total. The average Bonchev–Trinajstić information content (AvgIpc) is 3.02. The molecule has 1 aromatic heterocycles. The summed E-state index contributed by atoms with van der Waals surface area (Å²) in [5.74, 6) is 0.0224. The molecule has 0 saturated carbocycles. The van der Waals surface area contributed by atoms with Crippen LogP contribution in [0.15, 0.2) is 41.2 Å². The Morgan fingerprint density at radius 3 is 2.67 bits per heavy atom. The van der Waals surface area contributed by atoms with Gasteiger partial charge in [0.25, 0.3) is 0 Å². The van der Waals surface area contributed by atoms with Gasteiger partial charge in [-0.25, -0.2) is 0 Å². The maximum atomic E-state index is 11.6. The van der Waals surface area contributed by atoms with E-state index >= 15 is 0 Å². The Kier molecular flexibility index (Phi) is 7.86. The molecule has 27 heavy (non-hydrogen) atoms. The van der Waals surface area contributed by atoms with E-state index in [1.165, 1.54) is 17.2 Å². The predicted molar refractivity (Wildman–Crippen MR) is 113 cm³/mol. The van der Waals surface area contributed by atoms with E-state index in [2.05, 4.69) is 41.5 Å². The standard InChI is InChI=1S/C20H24N2O3S.ClH/c1-2-4-13-5-3-6-14(11-13)9-10-21-12-17(24)15-7-8-16(23)18-19(15)26-20(25)22-18;/h3,5-8,11,17,21,23-24H,2,4,9-10,12H2,1H3,(H,22,25);1H/t17-;/m0./s1. The third kappa shape index (κ3) is 5.32. The molecule has 0 radical (unpaired) electrons. The molecule has 1 heterocycles. The van der Waals surface area contributed by atoms with Gasteiger partial charge in [-0.15, -0.1) is 12.4 Å². The largest absolute Gasteiger partial charge is 0.506 e. The first-order valence-corrected chi connectivity index (χ1v) is 9.71. The van der Waals surface area contributed by atoms with Crippen LogP contribution >= 0.6 is 23.7 Å². The summed E-state index contributed by atoms with van der Waals surface area (Å²) in [6.45, 7) is 3.33. The molecule has 146 valence electrons. The lowest BCUT2D eigenvalue weighted by Gasteiger charge is -2.13. The molecule has 0 aliphatic heterocycles. The number of aliphatic hydroxyl groups is 1. The van der Waals surface area contributed by atoms with Crippen molar-refractivity contribution in [3.8, 4) is 5.75 Å². The van der Waals surface area contributed by atoms with Crippen molar-refractivity contribution in [3.05, 3.63) is 62.8 Å². The molecular weight excluding hydrogens is 384 g/mol. The number of aromatic hydroxyl groups is 1. The smallest absolute Gasteiger partial charge is 0.305 e. The SMILES string of the molecule is CCCc1cccc(CCNC[C@H](O)c2ccc(O)c3[nH]c(=O)sc23)c1.Cl. The number of nitrogens with one attached hydrogen (secondary N) is 2. The second-order valence-electron chi connectivity index (χ2n) is 6.43. The molecule has 0 amide bonds. The Morgan fingerprint density at radius 2 is 1.93 bits per heavy atom. The van der Waals surface area contributed by atoms with Crippen LogP contribution in [-0.4, -0.2) is 28.3 Å². The molecule has 0 spiro atoms. The third-order valence-electron chi connectivity index (χ3n) is 4.41. The summed E-state index contributed by atoms with van der Waals surface area (Å²) in [5.41, 5.74) is 3.69. The Balaban J connectivity index is 0.00000261. The quantitative estimate of drug-likeness (QED) is 0.429. The number of aryl methyl sites for hydroxylation is 1. The zero-order chi connectivity index (χ0) is 18.5. The number of aliphatic hydroxyl groups excluding tert-OH is 1. The molecule has 5 nitrogen and oxygen atoms in total. The summed E-state index contributed by atoms with van der Waals surface area (Å²) in [7, 11) is 0. The highest BCUT2D eigenvalue weighted by atomic mass is 35.5. The first-order valence-electron chi connectivity index (χ1n) is 8.89. The lowest BCUT2D eigenvalue weighted by Crippen LogP contribution is -2.23. The van der Waals surface area contributed by atoms with Crippen LogP contribution in [0.1, 0.15) is 36.1 Å². The number of aromatic amines is 1. The van der Waals surface area contributed by atoms with Gasteiger partial charge in [-0.3, -0.25) is 4.79 Å². The molecule has 0 aliphatic carbocycles. The highest BCUT2D eigenvalue weighted by Crippen LogP contribution is 2.31. The average molecular weight is 409 g/mol. The van der Waals surface area contributed by atoms with Crippen LogP contribution in [0.4, 0.5) is 0 Å². The monoisotopic (exact) mass is 408 g/mol. The van der Waals surface area contributed by atoms with Crippen LogP contribution in [-0.2, 0) is 12.8 Å². The van der Waals surface area contributed by atoms with Gasteiger partial charge in [-0.1, -0.05) is 55.0 Å². The molecule has 3 rings (SSSR count). The Morgan fingerprint density at radius 1 is 1.19 bits per heavy atom. The Hall–Kier alpha value is -1.86. The van der Waals surface area contributed by atoms with E-state index in [1.54, 1.807) is 6.07 Å². The molecule has 0 fully saturated rings. The van der Waals surface area contributed by atoms with Crippen molar-refractivity contribution < 1.29 is 10.2 Å². The van der Waals surface area contributed by atoms with E-state index in [-0.39, 0.29) is 23.0 Å². The van der Waals surface area contributed by atoms with Crippen LogP contribution in [0.2, 0.25) is 0 Å². The van der Waals surface area contributed by atoms with Crippen LogP contribution in [0, 0.1) is 0 Å². The minimum absolute atomic E-state index is 0. The summed E-state index contributed by atoms with van der Waals surface area (Å²) < 4.78 is 0.608. The van der Waals surface area contributed by atoms with Crippen molar-refractivity contribution >= 4 is 34.0 Å². The minimum atomic E-state index is -0.740. The summed E-state index contributed by atoms with van der Waals surface area (Å²) >= 11 is 1.00. The first kappa shape index (κ1) is 21.4. The number of halogens is 1. The van der Waals surface area contributed by atoms with Gasteiger partial charge in [0, 0.05) is 12.1 Å². The van der Waals surface area contributed by atoms with E-state index < -0.39 is 6.10 Å². The molecule has 3 aromatic rings. The van der Waals surface area contributed by atoms with Crippen LogP contribution in [0.5, 0.6) is 5.75 Å². The summed E-state index contributed by atoms with van der Waals surface area (Å²) in [6, 6.07) is 11.8. The fourth-order valence-corrected chi connectivity index (χ4v) is 4.03. The molecule has 0 bridgehead atoms. The number of thiazole rings is 1. The topological polar surface area (TPSA) is 85.3 Å². The molecule has 1 atom stereocenters. The predicted octanol–water partition coefficient (Wildman–Crippen LogP) is 3.54. The lowest BCUT2D eigenvalue weighted by molar-refractivity contribution is 0.176. The second kappa shape index (κ2) is 9.90. The van der Waals surface area contributed by atoms with Crippen LogP contribution < -0.4 is 10.2 Å². The number of H-pyrrole nitrogens is 1. The maximum absolute atomic E-state index is 11.6. The van der Waals surface area contributed by atoms with Gasteiger partial charge in [-0.05, 0) is 36.6 Å². The van der Waals surface area contributed by atoms with Crippen molar-refractivity contribution in [2.75, 3.05) is 13.1 Å². The minimum Gasteiger partial charge on any atom is -0.506 e. The van der Waals surface area contributed by atoms with E-state index in [0.29, 0.717) is 22.3 Å². The zero-order valence-electron chi connectivity index (χ0n) is 15.2. The van der Waals surface area contributed by atoms with Crippen molar-refractivity contribution in [2.24, 2.45) is 0 Å². The van der Waals surface area contributed by atoms with E-state index in [1.807, 2.05) is 0 Å². The maximum Gasteiger partial charge on any atom is 0.305 e. The number of phenolic OH excluding ortho intramolecular Hbond substituents is 1. The summed E-state index contributed by atoms with van der Waals surface area (Å²) in [4.78, 5) is 13.9. The first-order chi connectivity index (χ1) is 12.6. The Labute approximate surface area is 168 Å². The molecule has 0 saturated heterocycles. The Bertz CT molecular complexity index is 938. The van der Waals surface area contributed by atoms with Crippen LogP contribution in [0.25, 0.3) is 10.2 Å². The molecule has 0 aliphatic rings. The van der Waals surface area contributed by atoms with Gasteiger partial charge >= 0.3 is 4.87 Å². The van der Waals surface area contributed by atoms with Gasteiger partial charge in [0.15, 0.2) is 0 Å². The lowest BCUT2D eigenvalue weighted by atomic mass is 10.0. The molecule has 7 heteroatoms. The van der Waals surface area contributed by atoms with Gasteiger partial charge in [0.2, 0.25) is 0 Å². The number of aromatic nitrogens is 1. The second-order valence-corrected chi connectivity index (χ2v) is 7.42. The number of fused-ring (bicyclic) bond motifs is 1. The van der Waals surface area contributed by atoms with Crippen molar-refractivity contribution in [1.82, 2.24) is 10.3 Å². The van der Waals surface area contributed by atoms with Crippen molar-refractivity contribution in [3.63, 3.8) is 0 Å². The number of phenols is 1. The van der Waals surface area contributed by atoms with Gasteiger partial charge < -0.3 is 20.5 Å². The number of rotatable bonds is 8. The summed E-state index contributed by atoms with van der Waals surface area (Å²) in [5, 5.41) is 23.6. The van der Waals surface area contributed by atoms with E-state index in [4.69, 9.17) is 0 Å².